The largest absolute Gasteiger partial charge is 0.508 e. The lowest BCUT2D eigenvalue weighted by Crippen LogP contribution is -2.70. The summed E-state index contributed by atoms with van der Waals surface area (Å²) in [6.07, 6.45) is -5.09. The molecule has 1 saturated carbocycles. The Morgan fingerprint density at radius 1 is 0.946 bits per heavy atom. The van der Waals surface area contributed by atoms with Crippen molar-refractivity contribution in [1.29, 1.82) is 0 Å². The Labute approximate surface area is 216 Å². The van der Waals surface area contributed by atoms with Gasteiger partial charge in [-0.2, -0.15) is 0 Å². The fourth-order valence-corrected chi connectivity index (χ4v) is 6.43. The number of ether oxygens (including phenoxy) is 4. The second-order valence-electron chi connectivity index (χ2n) is 10.6. The molecule has 2 aliphatic rings. The fraction of sp³-hybridized carbons (Fsp3) is 0.630. The Balaban J connectivity index is 2.46. The van der Waals surface area contributed by atoms with Crippen molar-refractivity contribution in [3.63, 3.8) is 0 Å². The first-order chi connectivity index (χ1) is 17.1. The third kappa shape index (κ3) is 4.56. The summed E-state index contributed by atoms with van der Waals surface area (Å²) < 4.78 is 22.1. The molecule has 0 radical (unpaired) electrons. The average Bonchev–Trinajstić information content (AvgIpc) is 2.78. The molecule has 0 spiro atoms. The third-order valence-corrected chi connectivity index (χ3v) is 7.94. The molecule has 3 rings (SSSR count). The maximum atomic E-state index is 13.5. The zero-order chi connectivity index (χ0) is 28.0. The van der Waals surface area contributed by atoms with Gasteiger partial charge in [0.25, 0.3) is 0 Å². The SMILES string of the molecule is COC(=O)[C@]1(C)[C@@H](OC(C)=O)C[C@H](OC(C)=O)[C@]2(C)c3c(O)cc(C(C)C)cc3[C@@H](O)[C@@H](OC(C)=O)[C@@H]12. The number of phenols is 1. The second kappa shape index (κ2) is 9.96. The number of aliphatic hydroxyl groups is 1. The Bertz CT molecular complexity index is 1110. The van der Waals surface area contributed by atoms with Gasteiger partial charge in [0, 0.05) is 44.1 Å². The highest BCUT2D eigenvalue weighted by molar-refractivity contribution is 5.80. The van der Waals surface area contributed by atoms with Crippen LogP contribution in [0.1, 0.15) is 83.6 Å². The molecule has 0 unspecified atom stereocenters. The molecular formula is C27H36O10. The summed E-state index contributed by atoms with van der Waals surface area (Å²) in [7, 11) is 1.17. The minimum absolute atomic E-state index is 0.00888. The highest BCUT2D eigenvalue weighted by Crippen LogP contribution is 2.63. The van der Waals surface area contributed by atoms with Gasteiger partial charge in [-0.25, -0.2) is 0 Å². The Morgan fingerprint density at radius 3 is 1.97 bits per heavy atom. The molecule has 1 aromatic carbocycles. The molecule has 2 N–H and O–H groups in total. The second-order valence-corrected chi connectivity index (χ2v) is 10.6. The number of aromatic hydroxyl groups is 1. The van der Waals surface area contributed by atoms with Gasteiger partial charge in [-0.1, -0.05) is 26.8 Å². The summed E-state index contributed by atoms with van der Waals surface area (Å²) in [5.74, 6) is -4.13. The maximum Gasteiger partial charge on any atom is 0.315 e. The highest BCUT2D eigenvalue weighted by Gasteiger charge is 2.71. The van der Waals surface area contributed by atoms with Gasteiger partial charge in [0.05, 0.1) is 7.11 Å². The van der Waals surface area contributed by atoms with Crippen molar-refractivity contribution in [3.8, 4) is 5.75 Å². The molecule has 0 saturated heterocycles. The topological polar surface area (TPSA) is 146 Å². The molecule has 0 heterocycles. The summed E-state index contributed by atoms with van der Waals surface area (Å²) in [4.78, 5) is 50.1. The Hall–Kier alpha value is -3.14. The van der Waals surface area contributed by atoms with Crippen LogP contribution in [0.25, 0.3) is 0 Å². The molecule has 2 aliphatic carbocycles. The van der Waals surface area contributed by atoms with Crippen molar-refractivity contribution >= 4 is 23.9 Å². The fourth-order valence-electron chi connectivity index (χ4n) is 6.43. The van der Waals surface area contributed by atoms with Crippen LogP contribution in [0, 0.1) is 11.3 Å². The smallest absolute Gasteiger partial charge is 0.315 e. The van der Waals surface area contributed by atoms with Gasteiger partial charge >= 0.3 is 23.9 Å². The molecule has 204 valence electrons. The quantitative estimate of drug-likeness (QED) is 0.439. The number of hydrogen-bond acceptors (Lipinski definition) is 10. The van der Waals surface area contributed by atoms with E-state index in [1.54, 1.807) is 19.1 Å². The number of aliphatic hydroxyl groups excluding tert-OH is 1. The van der Waals surface area contributed by atoms with Gasteiger partial charge in [-0.3, -0.25) is 19.2 Å². The van der Waals surface area contributed by atoms with Crippen molar-refractivity contribution in [2.24, 2.45) is 11.3 Å². The average molecular weight is 521 g/mol. The standard InChI is InChI=1S/C27H36O10/c1-12(2)16-9-17-21(18(31)10-16)26(6)19(35-13(3)28)11-20(36-14(4)29)27(7,25(33)34-8)24(26)23(22(17)32)37-15(5)30/h9-10,12,19-20,22-24,31-32H,11H2,1-8H3/t19-,20-,22+,23+,24+,26+,27+/m0/s1. The van der Waals surface area contributed by atoms with Gasteiger partial charge in [0.1, 0.15) is 35.6 Å². The van der Waals surface area contributed by atoms with Crippen LogP contribution in [0.2, 0.25) is 0 Å². The summed E-state index contributed by atoms with van der Waals surface area (Å²) >= 11 is 0. The number of hydrogen-bond donors (Lipinski definition) is 2. The summed E-state index contributed by atoms with van der Waals surface area (Å²) in [5.41, 5.74) is -1.76. The molecule has 0 amide bonds. The predicted octanol–water partition coefficient (Wildman–Crippen LogP) is 2.81. The first-order valence-corrected chi connectivity index (χ1v) is 12.3. The van der Waals surface area contributed by atoms with Crippen molar-refractivity contribution in [1.82, 2.24) is 0 Å². The lowest BCUT2D eigenvalue weighted by molar-refractivity contribution is -0.229. The van der Waals surface area contributed by atoms with Gasteiger partial charge in [0.15, 0.2) is 0 Å². The van der Waals surface area contributed by atoms with Crippen molar-refractivity contribution in [2.45, 2.75) is 90.6 Å². The van der Waals surface area contributed by atoms with Crippen LogP contribution < -0.4 is 0 Å². The zero-order valence-electron chi connectivity index (χ0n) is 22.5. The lowest BCUT2D eigenvalue weighted by atomic mass is 9.46. The Morgan fingerprint density at radius 2 is 1.49 bits per heavy atom. The van der Waals surface area contributed by atoms with Crippen LogP contribution in [0.4, 0.5) is 0 Å². The number of rotatable bonds is 5. The number of carbonyl (C=O) groups excluding carboxylic acids is 4. The van der Waals surface area contributed by atoms with Crippen LogP contribution in [0.5, 0.6) is 5.75 Å². The first kappa shape index (κ1) is 28.4. The molecule has 1 aromatic rings. The van der Waals surface area contributed by atoms with E-state index in [2.05, 4.69) is 0 Å². The number of fused-ring (bicyclic) bond motifs is 3. The lowest BCUT2D eigenvalue weighted by Gasteiger charge is -2.61. The number of esters is 4. The molecule has 1 fully saturated rings. The van der Waals surface area contributed by atoms with E-state index in [4.69, 9.17) is 18.9 Å². The van der Waals surface area contributed by atoms with E-state index < -0.39 is 65.0 Å². The van der Waals surface area contributed by atoms with Crippen LogP contribution >= 0.6 is 0 Å². The number of phenolic OH excluding ortho intramolecular Hbond substituents is 1. The van der Waals surface area contributed by atoms with Gasteiger partial charge < -0.3 is 29.2 Å². The molecule has 0 aromatic heterocycles. The monoisotopic (exact) mass is 520 g/mol. The van der Waals surface area contributed by atoms with E-state index in [0.29, 0.717) is 5.56 Å². The molecule has 0 aliphatic heterocycles. The van der Waals surface area contributed by atoms with E-state index in [-0.39, 0.29) is 23.7 Å². The molecule has 7 atom stereocenters. The number of methoxy groups -OCH3 is 1. The molecule has 37 heavy (non-hydrogen) atoms. The zero-order valence-corrected chi connectivity index (χ0v) is 22.5. The third-order valence-electron chi connectivity index (χ3n) is 7.94. The predicted molar refractivity (Wildman–Crippen MR) is 129 cm³/mol. The van der Waals surface area contributed by atoms with Gasteiger partial charge in [0.2, 0.25) is 0 Å². The van der Waals surface area contributed by atoms with Gasteiger partial charge in [-0.05, 0) is 30.0 Å². The molecule has 0 bridgehead atoms. The number of benzene rings is 1. The van der Waals surface area contributed by atoms with Crippen LogP contribution in [0.15, 0.2) is 12.1 Å². The van der Waals surface area contributed by atoms with Crippen LogP contribution in [-0.4, -0.2) is 59.5 Å². The first-order valence-electron chi connectivity index (χ1n) is 12.3. The maximum absolute atomic E-state index is 13.5. The van der Waals surface area contributed by atoms with E-state index in [0.717, 1.165) is 5.56 Å². The Kier molecular flexibility index (Phi) is 7.66. The van der Waals surface area contributed by atoms with Crippen molar-refractivity contribution in [3.05, 3.63) is 28.8 Å². The molecule has 10 nitrogen and oxygen atoms in total. The summed E-state index contributed by atoms with van der Waals surface area (Å²) in [6.45, 7) is 10.6. The normalized spacial score (nSPS) is 32.5. The summed E-state index contributed by atoms with van der Waals surface area (Å²) in [6, 6.07) is 3.30. The van der Waals surface area contributed by atoms with E-state index in [1.165, 1.54) is 34.8 Å². The van der Waals surface area contributed by atoms with Crippen molar-refractivity contribution < 1.29 is 48.3 Å². The van der Waals surface area contributed by atoms with Crippen LogP contribution in [-0.2, 0) is 43.5 Å². The van der Waals surface area contributed by atoms with Gasteiger partial charge in [-0.15, -0.1) is 0 Å². The minimum Gasteiger partial charge on any atom is -0.508 e. The van der Waals surface area contributed by atoms with E-state index in [9.17, 15) is 29.4 Å². The highest BCUT2D eigenvalue weighted by atomic mass is 16.6. The summed E-state index contributed by atoms with van der Waals surface area (Å²) in [5, 5.41) is 23.0. The molecular weight excluding hydrogens is 484 g/mol. The van der Waals surface area contributed by atoms with Crippen LogP contribution in [0.3, 0.4) is 0 Å². The van der Waals surface area contributed by atoms with Crippen molar-refractivity contribution in [2.75, 3.05) is 7.11 Å². The number of carbonyl (C=O) groups is 4. The van der Waals surface area contributed by atoms with E-state index in [1.807, 2.05) is 13.8 Å². The van der Waals surface area contributed by atoms with E-state index >= 15 is 0 Å². The molecule has 10 heteroatoms. The minimum atomic E-state index is -1.67.